The lowest BCUT2D eigenvalue weighted by molar-refractivity contribution is 0.0600. The zero-order valence-electron chi connectivity index (χ0n) is 7.94. The quantitative estimate of drug-likeness (QED) is 0.617. The second-order valence-corrected chi connectivity index (χ2v) is 3.97. The monoisotopic (exact) mass is 268 g/mol. The van der Waals surface area contributed by atoms with Crippen LogP contribution in [0.2, 0.25) is 5.02 Å². The highest BCUT2D eigenvalue weighted by atomic mass is 35.5. The average molecular weight is 269 g/mol. The lowest BCUT2D eigenvalue weighted by atomic mass is 10.2. The lowest BCUT2D eigenvalue weighted by Crippen LogP contribution is -2.04. The molecule has 0 unspecified atom stereocenters. The van der Waals surface area contributed by atoms with Crippen LogP contribution in [0.15, 0.2) is 18.2 Å². The van der Waals surface area contributed by atoms with Crippen molar-refractivity contribution in [2.45, 2.75) is 0 Å². The molecule has 0 heterocycles. The van der Waals surface area contributed by atoms with Crippen LogP contribution >= 0.6 is 11.6 Å². The topological polar surface area (TPSA) is 69.7 Å². The van der Waals surface area contributed by atoms with Gasteiger partial charge in [0.05, 0.1) is 17.7 Å². The van der Waals surface area contributed by atoms with Crippen LogP contribution in [0.5, 0.6) is 5.75 Å². The molecule has 1 aromatic carbocycles. The van der Waals surface area contributed by atoms with Crippen LogP contribution in [-0.4, -0.2) is 21.5 Å². The number of rotatable bonds is 3. The van der Waals surface area contributed by atoms with E-state index in [1.54, 1.807) is 0 Å². The van der Waals surface area contributed by atoms with Gasteiger partial charge in [-0.3, -0.25) is 0 Å². The molecule has 0 aliphatic heterocycles. The van der Waals surface area contributed by atoms with Gasteiger partial charge in [0.15, 0.2) is 5.75 Å². The second kappa shape index (κ2) is 4.67. The number of ether oxygens (including phenoxy) is 1. The maximum atomic E-state index is 12.2. The van der Waals surface area contributed by atoms with Crippen molar-refractivity contribution in [1.82, 2.24) is 0 Å². The molecule has 0 radical (unpaired) electrons. The van der Waals surface area contributed by atoms with Gasteiger partial charge in [0.1, 0.15) is 0 Å². The average Bonchev–Trinajstić information content (AvgIpc) is 2.18. The number of carbonyl (C=O) groups is 1. The molecule has 0 bridgehead atoms. The maximum Gasteiger partial charge on any atom is 0.488 e. The van der Waals surface area contributed by atoms with Crippen molar-refractivity contribution in [1.29, 1.82) is 0 Å². The van der Waals surface area contributed by atoms with E-state index < -0.39 is 22.2 Å². The second-order valence-electron chi connectivity index (χ2n) is 2.61. The van der Waals surface area contributed by atoms with Crippen LogP contribution in [0.1, 0.15) is 10.4 Å². The van der Waals surface area contributed by atoms with Crippen LogP contribution in [0, 0.1) is 0 Å². The minimum absolute atomic E-state index is 0.0936. The van der Waals surface area contributed by atoms with Crippen molar-refractivity contribution >= 4 is 28.1 Å². The van der Waals surface area contributed by atoms with Gasteiger partial charge in [0, 0.05) is 0 Å². The highest BCUT2D eigenvalue weighted by Gasteiger charge is 2.15. The molecule has 8 heteroatoms. The Labute approximate surface area is 96.1 Å². The third-order valence-electron chi connectivity index (χ3n) is 1.54. The Balaban J connectivity index is 3.05. The van der Waals surface area contributed by atoms with Crippen LogP contribution in [0.3, 0.4) is 0 Å². The van der Waals surface area contributed by atoms with E-state index in [4.69, 9.17) is 11.6 Å². The Morgan fingerprint density at radius 3 is 2.50 bits per heavy atom. The van der Waals surface area contributed by atoms with Gasteiger partial charge in [-0.1, -0.05) is 15.5 Å². The summed E-state index contributed by atoms with van der Waals surface area (Å²) in [5, 5.41) is -0.218. The summed E-state index contributed by atoms with van der Waals surface area (Å²) in [7, 11) is -3.97. The Morgan fingerprint density at radius 1 is 1.44 bits per heavy atom. The number of hydrogen-bond acceptors (Lipinski definition) is 5. The van der Waals surface area contributed by atoms with Gasteiger partial charge >= 0.3 is 16.5 Å². The molecule has 0 saturated heterocycles. The molecule has 0 aliphatic rings. The van der Waals surface area contributed by atoms with Crippen molar-refractivity contribution in [2.75, 3.05) is 7.11 Å². The predicted molar refractivity (Wildman–Crippen MR) is 53.4 cm³/mol. The number of benzene rings is 1. The van der Waals surface area contributed by atoms with Gasteiger partial charge in [0.25, 0.3) is 0 Å². The molecular weight excluding hydrogens is 263 g/mol. The van der Waals surface area contributed by atoms with Crippen LogP contribution in [-0.2, 0) is 15.2 Å². The number of hydrogen-bond donors (Lipinski definition) is 0. The zero-order valence-corrected chi connectivity index (χ0v) is 9.51. The first kappa shape index (κ1) is 12.7. The van der Waals surface area contributed by atoms with E-state index in [0.717, 1.165) is 12.1 Å². The Kier molecular flexibility index (Phi) is 3.71. The van der Waals surface area contributed by atoms with Crippen molar-refractivity contribution in [3.05, 3.63) is 28.8 Å². The highest BCUT2D eigenvalue weighted by molar-refractivity contribution is 7.81. The van der Waals surface area contributed by atoms with Crippen LogP contribution < -0.4 is 4.18 Å². The van der Waals surface area contributed by atoms with Crippen molar-refractivity contribution < 1.29 is 26.0 Å². The van der Waals surface area contributed by atoms with E-state index >= 15 is 0 Å². The summed E-state index contributed by atoms with van der Waals surface area (Å²) in [6.45, 7) is 0. The molecule has 0 amide bonds. The summed E-state index contributed by atoms with van der Waals surface area (Å²) >= 11 is 5.57. The summed E-state index contributed by atoms with van der Waals surface area (Å²) in [4.78, 5) is 11.0. The molecular formula is C8H6ClFO5S. The van der Waals surface area contributed by atoms with Gasteiger partial charge in [0.2, 0.25) is 0 Å². The number of esters is 1. The maximum absolute atomic E-state index is 12.2. The molecule has 0 N–H and O–H groups in total. The minimum Gasteiger partial charge on any atom is -0.465 e. The molecule has 0 aromatic heterocycles. The van der Waals surface area contributed by atoms with Crippen molar-refractivity contribution in [3.63, 3.8) is 0 Å². The summed E-state index contributed by atoms with van der Waals surface area (Å²) in [5.41, 5.74) is 0.0936. The van der Waals surface area contributed by atoms with E-state index in [-0.39, 0.29) is 10.6 Å². The van der Waals surface area contributed by atoms with Crippen LogP contribution in [0.25, 0.3) is 0 Å². The molecule has 1 rings (SSSR count). The van der Waals surface area contributed by atoms with E-state index in [9.17, 15) is 17.1 Å². The molecule has 0 saturated carbocycles. The van der Waals surface area contributed by atoms with E-state index in [1.807, 2.05) is 0 Å². The molecule has 0 atom stereocenters. The Bertz CT molecular complexity index is 513. The number of carbonyl (C=O) groups excluding carboxylic acids is 1. The molecule has 0 aliphatic carbocycles. The zero-order chi connectivity index (χ0) is 12.3. The largest absolute Gasteiger partial charge is 0.488 e. The molecule has 88 valence electrons. The van der Waals surface area contributed by atoms with Gasteiger partial charge in [-0.05, 0) is 18.2 Å². The SMILES string of the molecule is COC(=O)c1ccc(OS(=O)(=O)F)c(Cl)c1. The summed E-state index contributed by atoms with van der Waals surface area (Å²) in [6.07, 6.45) is 0. The fourth-order valence-electron chi connectivity index (χ4n) is 0.920. The Morgan fingerprint density at radius 2 is 2.06 bits per heavy atom. The first-order chi connectivity index (χ1) is 7.33. The smallest absolute Gasteiger partial charge is 0.465 e. The third-order valence-corrected chi connectivity index (χ3v) is 2.22. The van der Waals surface area contributed by atoms with Gasteiger partial charge in [-0.25, -0.2) is 4.79 Å². The van der Waals surface area contributed by atoms with Gasteiger partial charge in [-0.15, -0.1) is 0 Å². The first-order valence-electron chi connectivity index (χ1n) is 3.85. The fourth-order valence-corrected chi connectivity index (χ4v) is 1.55. The molecule has 16 heavy (non-hydrogen) atoms. The van der Waals surface area contributed by atoms with Crippen LogP contribution in [0.4, 0.5) is 3.89 Å². The lowest BCUT2D eigenvalue weighted by Gasteiger charge is -2.04. The van der Waals surface area contributed by atoms with Gasteiger partial charge < -0.3 is 8.92 Å². The summed E-state index contributed by atoms with van der Waals surface area (Å²) in [5.74, 6) is -1.06. The number of methoxy groups -OCH3 is 1. The summed E-state index contributed by atoms with van der Waals surface area (Å²) in [6, 6.07) is 3.35. The van der Waals surface area contributed by atoms with Crippen molar-refractivity contribution in [3.8, 4) is 5.75 Å². The molecule has 1 aromatic rings. The third kappa shape index (κ3) is 3.35. The Hall–Kier alpha value is -1.34. The molecule has 0 spiro atoms. The predicted octanol–water partition coefficient (Wildman–Crippen LogP) is 1.72. The van der Waals surface area contributed by atoms with Gasteiger partial charge in [-0.2, -0.15) is 8.42 Å². The van der Waals surface area contributed by atoms with E-state index in [1.165, 1.54) is 13.2 Å². The number of halogens is 2. The fraction of sp³-hybridized carbons (Fsp3) is 0.125. The van der Waals surface area contributed by atoms with E-state index in [0.29, 0.717) is 0 Å². The normalized spacial score (nSPS) is 10.9. The van der Waals surface area contributed by atoms with E-state index in [2.05, 4.69) is 8.92 Å². The standard InChI is InChI=1S/C8H6ClFO5S/c1-14-8(11)5-2-3-7(6(9)4-5)15-16(10,12)13/h2-4H,1H3. The minimum atomic E-state index is -5.14. The van der Waals surface area contributed by atoms with Crippen molar-refractivity contribution in [2.24, 2.45) is 0 Å². The first-order valence-corrected chi connectivity index (χ1v) is 5.54. The summed E-state index contributed by atoms with van der Waals surface area (Å²) < 4.78 is 40.9. The molecule has 5 nitrogen and oxygen atoms in total. The molecule has 0 fully saturated rings. The highest BCUT2D eigenvalue weighted by Crippen LogP contribution is 2.27.